The van der Waals surface area contributed by atoms with Crippen LogP contribution in [0.5, 0.6) is 5.75 Å². The average molecular weight is 335 g/mol. The molecule has 0 spiro atoms. The Bertz CT molecular complexity index is 778. The zero-order valence-electron chi connectivity index (χ0n) is 12.5. The fourth-order valence-electron chi connectivity index (χ4n) is 2.25. The van der Waals surface area contributed by atoms with Crippen LogP contribution in [0.2, 0.25) is 5.02 Å². The number of aromatic nitrogens is 1. The second-order valence-corrected chi connectivity index (χ2v) is 5.38. The number of carbonyl (C=O) groups is 2. The molecule has 0 aliphatic carbocycles. The van der Waals surface area contributed by atoms with Crippen molar-refractivity contribution in [1.82, 2.24) is 4.98 Å². The number of methoxy groups -OCH3 is 1. The number of hydrogen-bond donors (Lipinski definition) is 2. The number of carboxylic acid groups (broad SMARTS) is 1. The van der Waals surface area contributed by atoms with E-state index in [2.05, 4.69) is 4.98 Å². The van der Waals surface area contributed by atoms with E-state index in [1.54, 1.807) is 6.07 Å². The first-order valence-corrected chi connectivity index (χ1v) is 7.01. The first kappa shape index (κ1) is 16.9. The van der Waals surface area contributed by atoms with Crippen molar-refractivity contribution in [2.24, 2.45) is 5.73 Å². The Kier molecular flexibility index (Phi) is 4.68. The number of ketones is 1. The normalized spacial score (nSPS) is 13.2. The molecular weight excluding hydrogens is 320 g/mol. The molecule has 0 radical (unpaired) electrons. The third-order valence-corrected chi connectivity index (χ3v) is 3.93. The Balaban J connectivity index is 2.63. The topological polar surface area (TPSA) is 103 Å². The van der Waals surface area contributed by atoms with Crippen LogP contribution in [-0.4, -0.2) is 29.0 Å². The molecule has 0 aliphatic heterocycles. The van der Waals surface area contributed by atoms with Crippen molar-refractivity contribution in [3.63, 3.8) is 0 Å². The van der Waals surface area contributed by atoms with Crippen LogP contribution < -0.4 is 10.5 Å². The maximum Gasteiger partial charge on any atom is 0.337 e. The number of hydrogen-bond acceptors (Lipinski definition) is 5. The maximum atomic E-state index is 12.2. The van der Waals surface area contributed by atoms with Gasteiger partial charge in [0, 0.05) is 11.8 Å². The van der Waals surface area contributed by atoms with E-state index in [4.69, 9.17) is 27.2 Å². The van der Waals surface area contributed by atoms with E-state index in [9.17, 15) is 9.59 Å². The highest BCUT2D eigenvalue weighted by Crippen LogP contribution is 2.32. The summed E-state index contributed by atoms with van der Waals surface area (Å²) in [5.74, 6) is -1.05. The highest BCUT2D eigenvalue weighted by Gasteiger charge is 2.36. The SMILES string of the molecule is COc1cncc(C(N)(C(C)=O)c2ccc(C(=O)O)c(Cl)c2)c1. The number of Topliss-reactive ketones (excluding diaryl/α,β-unsaturated/α-hetero) is 1. The van der Waals surface area contributed by atoms with Gasteiger partial charge >= 0.3 is 5.97 Å². The van der Waals surface area contributed by atoms with E-state index in [-0.39, 0.29) is 16.4 Å². The maximum absolute atomic E-state index is 12.2. The lowest BCUT2D eigenvalue weighted by atomic mass is 9.81. The van der Waals surface area contributed by atoms with Crippen LogP contribution in [0.15, 0.2) is 36.7 Å². The van der Waals surface area contributed by atoms with Gasteiger partial charge in [0.1, 0.15) is 11.3 Å². The number of aromatic carboxylic acids is 1. The van der Waals surface area contributed by atoms with E-state index >= 15 is 0 Å². The molecule has 0 bridgehead atoms. The number of pyridine rings is 1. The van der Waals surface area contributed by atoms with Gasteiger partial charge in [0.25, 0.3) is 0 Å². The Hall–Kier alpha value is -2.44. The van der Waals surface area contributed by atoms with Gasteiger partial charge < -0.3 is 15.6 Å². The van der Waals surface area contributed by atoms with Crippen molar-refractivity contribution in [1.29, 1.82) is 0 Å². The van der Waals surface area contributed by atoms with E-state index in [0.717, 1.165) is 0 Å². The molecule has 0 saturated heterocycles. The van der Waals surface area contributed by atoms with E-state index < -0.39 is 11.5 Å². The first-order chi connectivity index (χ1) is 10.8. The fourth-order valence-corrected chi connectivity index (χ4v) is 2.51. The number of nitrogens with zero attached hydrogens (tertiary/aromatic N) is 1. The average Bonchev–Trinajstić information content (AvgIpc) is 2.53. The summed E-state index contributed by atoms with van der Waals surface area (Å²) < 4.78 is 5.11. The van der Waals surface area contributed by atoms with Gasteiger partial charge in [0.15, 0.2) is 5.78 Å². The third-order valence-electron chi connectivity index (χ3n) is 3.61. The molecule has 1 unspecified atom stereocenters. The van der Waals surface area contributed by atoms with E-state index in [1.807, 2.05) is 0 Å². The van der Waals surface area contributed by atoms with Crippen LogP contribution >= 0.6 is 11.6 Å². The minimum Gasteiger partial charge on any atom is -0.495 e. The van der Waals surface area contributed by atoms with Gasteiger partial charge in [0.2, 0.25) is 0 Å². The number of halogens is 1. The molecule has 120 valence electrons. The molecule has 1 aromatic heterocycles. The summed E-state index contributed by atoms with van der Waals surface area (Å²) in [4.78, 5) is 27.3. The Morgan fingerprint density at radius 1 is 1.26 bits per heavy atom. The van der Waals surface area contributed by atoms with Gasteiger partial charge in [-0.05, 0) is 30.7 Å². The van der Waals surface area contributed by atoms with Crippen molar-refractivity contribution >= 4 is 23.4 Å². The molecule has 6 nitrogen and oxygen atoms in total. The zero-order chi connectivity index (χ0) is 17.2. The zero-order valence-corrected chi connectivity index (χ0v) is 13.3. The summed E-state index contributed by atoms with van der Waals surface area (Å²) in [7, 11) is 1.48. The Morgan fingerprint density at radius 2 is 1.96 bits per heavy atom. The molecule has 1 heterocycles. The monoisotopic (exact) mass is 334 g/mol. The van der Waals surface area contributed by atoms with E-state index in [1.165, 1.54) is 44.6 Å². The lowest BCUT2D eigenvalue weighted by molar-refractivity contribution is -0.121. The minimum absolute atomic E-state index is 0.00179. The highest BCUT2D eigenvalue weighted by atomic mass is 35.5. The van der Waals surface area contributed by atoms with Crippen molar-refractivity contribution in [3.8, 4) is 5.75 Å². The largest absolute Gasteiger partial charge is 0.495 e. The predicted octanol–water partition coefficient (Wildman–Crippen LogP) is 2.23. The molecule has 0 fully saturated rings. The van der Waals surface area contributed by atoms with Crippen molar-refractivity contribution in [2.75, 3.05) is 7.11 Å². The molecule has 23 heavy (non-hydrogen) atoms. The smallest absolute Gasteiger partial charge is 0.337 e. The van der Waals surface area contributed by atoms with Crippen molar-refractivity contribution in [2.45, 2.75) is 12.5 Å². The summed E-state index contributed by atoms with van der Waals surface area (Å²) in [5.41, 5.74) is 5.56. The van der Waals surface area contributed by atoms with Gasteiger partial charge in [-0.2, -0.15) is 0 Å². The van der Waals surface area contributed by atoms with Crippen LogP contribution in [0, 0.1) is 0 Å². The summed E-state index contributed by atoms with van der Waals surface area (Å²) in [6.45, 7) is 1.35. The molecule has 0 amide bonds. The number of carboxylic acids is 1. The number of carbonyl (C=O) groups excluding carboxylic acids is 1. The van der Waals surface area contributed by atoms with Crippen LogP contribution in [-0.2, 0) is 10.3 Å². The molecule has 0 aliphatic rings. The summed E-state index contributed by atoms with van der Waals surface area (Å²) in [6, 6.07) is 5.77. The van der Waals surface area contributed by atoms with Gasteiger partial charge in [-0.25, -0.2) is 4.79 Å². The molecule has 2 rings (SSSR count). The van der Waals surface area contributed by atoms with Crippen molar-refractivity contribution < 1.29 is 19.4 Å². The van der Waals surface area contributed by atoms with Crippen LogP contribution in [0.25, 0.3) is 0 Å². The molecule has 1 atom stereocenters. The Labute approximate surface area is 137 Å². The number of ether oxygens (including phenoxy) is 1. The van der Waals surface area contributed by atoms with E-state index in [0.29, 0.717) is 16.9 Å². The van der Waals surface area contributed by atoms with Gasteiger partial charge in [0.05, 0.1) is 23.9 Å². The lowest BCUT2D eigenvalue weighted by Gasteiger charge is -2.28. The van der Waals surface area contributed by atoms with Crippen molar-refractivity contribution in [3.05, 3.63) is 58.4 Å². The standard InChI is InChI=1S/C16H15ClN2O4/c1-9(20)16(18,11-5-12(23-2)8-19-7-11)10-3-4-13(15(21)22)14(17)6-10/h3-8H,18H2,1-2H3,(H,21,22). The quantitative estimate of drug-likeness (QED) is 0.869. The molecule has 7 heteroatoms. The molecular formula is C16H15ClN2O4. The summed E-state index contributed by atoms with van der Waals surface area (Å²) in [6.07, 6.45) is 2.95. The molecule has 3 N–H and O–H groups in total. The summed E-state index contributed by atoms with van der Waals surface area (Å²) in [5, 5.41) is 9.05. The van der Waals surface area contributed by atoms with Crippen LogP contribution in [0.3, 0.4) is 0 Å². The Morgan fingerprint density at radius 3 is 2.48 bits per heavy atom. The summed E-state index contributed by atoms with van der Waals surface area (Å²) >= 11 is 5.99. The third kappa shape index (κ3) is 3.04. The van der Waals surface area contributed by atoms with Gasteiger partial charge in [-0.1, -0.05) is 17.7 Å². The van der Waals surface area contributed by atoms with Crippen LogP contribution in [0.1, 0.15) is 28.4 Å². The molecule has 0 saturated carbocycles. The van der Waals surface area contributed by atoms with Gasteiger partial charge in [-0.15, -0.1) is 0 Å². The predicted molar refractivity (Wildman–Crippen MR) is 84.8 cm³/mol. The minimum atomic E-state index is -1.51. The lowest BCUT2D eigenvalue weighted by Crippen LogP contribution is -2.44. The first-order valence-electron chi connectivity index (χ1n) is 6.63. The number of benzene rings is 1. The number of nitrogens with two attached hydrogens (primary N) is 1. The fraction of sp³-hybridized carbons (Fsp3) is 0.188. The second-order valence-electron chi connectivity index (χ2n) is 4.98. The second kappa shape index (κ2) is 6.36. The molecule has 1 aromatic carbocycles. The number of rotatable bonds is 5. The van der Waals surface area contributed by atoms with Crippen LogP contribution in [0.4, 0.5) is 0 Å². The molecule has 2 aromatic rings. The highest BCUT2D eigenvalue weighted by molar-refractivity contribution is 6.33. The van der Waals surface area contributed by atoms with Gasteiger partial charge in [-0.3, -0.25) is 9.78 Å².